The van der Waals surface area contributed by atoms with Crippen LogP contribution in [0.4, 0.5) is 0 Å². The van der Waals surface area contributed by atoms with Gasteiger partial charge in [-0.25, -0.2) is 4.98 Å². The summed E-state index contributed by atoms with van der Waals surface area (Å²) in [6, 6.07) is 0. The average molecular weight is 281 g/mol. The molecular weight excluding hydrogens is 250 g/mol. The van der Waals surface area contributed by atoms with Crippen LogP contribution in [-0.2, 0) is 12.0 Å². The van der Waals surface area contributed by atoms with Gasteiger partial charge in [-0.2, -0.15) is 0 Å². The van der Waals surface area contributed by atoms with E-state index >= 15 is 0 Å². The van der Waals surface area contributed by atoms with Crippen molar-refractivity contribution in [1.29, 1.82) is 0 Å². The van der Waals surface area contributed by atoms with E-state index in [4.69, 9.17) is 10.2 Å². The Balaban J connectivity index is 2.73. The van der Waals surface area contributed by atoms with E-state index in [1.54, 1.807) is 0 Å². The smallest absolute Gasteiger partial charge is 0.208 e. The fourth-order valence-electron chi connectivity index (χ4n) is 2.12. The number of nitrogens with zero attached hydrogens (tertiary/aromatic N) is 2. The number of hydrogen-bond acceptors (Lipinski definition) is 4. The molecule has 116 valence electrons. The third-order valence-electron chi connectivity index (χ3n) is 3.40. The Labute approximate surface area is 123 Å². The lowest BCUT2D eigenvalue weighted by Crippen LogP contribution is -2.38. The van der Waals surface area contributed by atoms with E-state index in [1.165, 1.54) is 0 Å². The Bertz CT molecular complexity index is 404. The van der Waals surface area contributed by atoms with Gasteiger partial charge in [-0.15, -0.1) is 0 Å². The molecule has 2 N–H and O–H groups in total. The molecule has 0 saturated carbocycles. The maximum absolute atomic E-state index is 5.89. The van der Waals surface area contributed by atoms with Crippen molar-refractivity contribution in [2.75, 3.05) is 19.6 Å². The molecule has 0 atom stereocenters. The SMILES string of the molecule is CCCN(Cc1ncc(C(C)(C)C)o1)CC(C)(C)CN. The van der Waals surface area contributed by atoms with Gasteiger partial charge < -0.3 is 10.2 Å². The van der Waals surface area contributed by atoms with E-state index in [9.17, 15) is 0 Å². The standard InChI is InChI=1S/C16H31N3O/c1-7-8-19(12-16(5,6)11-17)10-14-18-9-13(20-14)15(2,3)4/h9H,7-8,10-12,17H2,1-6H3. The van der Waals surface area contributed by atoms with Gasteiger partial charge in [-0.3, -0.25) is 4.90 Å². The largest absolute Gasteiger partial charge is 0.444 e. The molecule has 1 aromatic heterocycles. The number of rotatable bonds is 7. The highest BCUT2D eigenvalue weighted by atomic mass is 16.4. The lowest BCUT2D eigenvalue weighted by atomic mass is 9.93. The van der Waals surface area contributed by atoms with E-state index < -0.39 is 0 Å². The van der Waals surface area contributed by atoms with Crippen molar-refractivity contribution in [3.8, 4) is 0 Å². The zero-order valence-electron chi connectivity index (χ0n) is 14.0. The van der Waals surface area contributed by atoms with Crippen LogP contribution in [0.2, 0.25) is 0 Å². The molecule has 0 unspecified atom stereocenters. The number of aromatic nitrogens is 1. The second-order valence-electron chi connectivity index (χ2n) is 7.45. The molecule has 0 aliphatic rings. The molecule has 4 heteroatoms. The minimum absolute atomic E-state index is 0.0113. The van der Waals surface area contributed by atoms with Crippen LogP contribution in [0, 0.1) is 5.41 Å². The molecule has 0 bridgehead atoms. The second kappa shape index (κ2) is 6.72. The van der Waals surface area contributed by atoms with Gasteiger partial charge in [0.1, 0.15) is 5.76 Å². The van der Waals surface area contributed by atoms with Gasteiger partial charge in [0.2, 0.25) is 5.89 Å². The maximum atomic E-state index is 5.89. The summed E-state index contributed by atoms with van der Waals surface area (Å²) in [7, 11) is 0. The van der Waals surface area contributed by atoms with Gasteiger partial charge in [0.15, 0.2) is 0 Å². The lowest BCUT2D eigenvalue weighted by molar-refractivity contribution is 0.161. The zero-order chi connectivity index (χ0) is 15.4. The molecule has 0 spiro atoms. The van der Waals surface area contributed by atoms with Gasteiger partial charge >= 0.3 is 0 Å². The minimum atomic E-state index is 0.0113. The molecule has 0 aromatic carbocycles. The maximum Gasteiger partial charge on any atom is 0.208 e. The fourth-order valence-corrected chi connectivity index (χ4v) is 2.12. The van der Waals surface area contributed by atoms with E-state index in [-0.39, 0.29) is 10.8 Å². The van der Waals surface area contributed by atoms with Crippen molar-refractivity contribution in [3.63, 3.8) is 0 Å². The van der Waals surface area contributed by atoms with Gasteiger partial charge in [0.05, 0.1) is 12.7 Å². The van der Waals surface area contributed by atoms with Crippen LogP contribution in [0.1, 0.15) is 59.6 Å². The predicted molar refractivity (Wildman–Crippen MR) is 83.6 cm³/mol. The molecule has 1 aromatic rings. The van der Waals surface area contributed by atoms with Gasteiger partial charge in [-0.1, -0.05) is 41.5 Å². The number of nitrogens with two attached hydrogens (primary N) is 1. The number of hydrogen-bond donors (Lipinski definition) is 1. The first-order valence-corrected chi connectivity index (χ1v) is 7.55. The summed E-state index contributed by atoms with van der Waals surface area (Å²) < 4.78 is 5.89. The summed E-state index contributed by atoms with van der Waals surface area (Å²) >= 11 is 0. The Morgan fingerprint density at radius 1 is 1.25 bits per heavy atom. The average Bonchev–Trinajstić information content (AvgIpc) is 2.77. The second-order valence-corrected chi connectivity index (χ2v) is 7.45. The zero-order valence-corrected chi connectivity index (χ0v) is 14.0. The Kier molecular flexibility index (Phi) is 5.78. The molecule has 1 rings (SSSR count). The first-order chi connectivity index (χ1) is 9.18. The van der Waals surface area contributed by atoms with Gasteiger partial charge in [0.25, 0.3) is 0 Å². The molecule has 1 heterocycles. The summed E-state index contributed by atoms with van der Waals surface area (Å²) in [6.07, 6.45) is 2.97. The van der Waals surface area contributed by atoms with E-state index in [0.29, 0.717) is 6.54 Å². The molecule has 0 aliphatic carbocycles. The van der Waals surface area contributed by atoms with Crippen LogP contribution in [0.25, 0.3) is 0 Å². The van der Waals surface area contributed by atoms with Crippen LogP contribution in [0.3, 0.4) is 0 Å². The van der Waals surface area contributed by atoms with Crippen LogP contribution in [0.5, 0.6) is 0 Å². The van der Waals surface area contributed by atoms with Crippen LogP contribution in [0.15, 0.2) is 10.6 Å². The first-order valence-electron chi connectivity index (χ1n) is 7.55. The van der Waals surface area contributed by atoms with E-state index in [2.05, 4.69) is 51.4 Å². The normalized spacial score (nSPS) is 13.2. The Hall–Kier alpha value is -0.870. The molecular formula is C16H31N3O. The molecule has 0 fully saturated rings. The van der Waals surface area contributed by atoms with Crippen molar-refractivity contribution in [2.45, 2.75) is 59.9 Å². The van der Waals surface area contributed by atoms with Crippen molar-refractivity contribution < 1.29 is 4.42 Å². The summed E-state index contributed by atoms with van der Waals surface area (Å²) in [5.41, 5.74) is 5.97. The van der Waals surface area contributed by atoms with Crippen LogP contribution >= 0.6 is 0 Å². The summed E-state index contributed by atoms with van der Waals surface area (Å²) in [5.74, 6) is 1.75. The monoisotopic (exact) mass is 281 g/mol. The summed E-state index contributed by atoms with van der Waals surface area (Å²) in [5, 5.41) is 0. The van der Waals surface area contributed by atoms with Crippen molar-refractivity contribution in [2.24, 2.45) is 11.1 Å². The molecule has 0 radical (unpaired) electrons. The highest BCUT2D eigenvalue weighted by Gasteiger charge is 2.23. The van der Waals surface area contributed by atoms with Crippen molar-refractivity contribution >= 4 is 0 Å². The lowest BCUT2D eigenvalue weighted by Gasteiger charge is -2.30. The number of oxazole rings is 1. The van der Waals surface area contributed by atoms with Gasteiger partial charge in [0, 0.05) is 12.0 Å². The van der Waals surface area contributed by atoms with Crippen LogP contribution < -0.4 is 5.73 Å². The Morgan fingerprint density at radius 3 is 2.35 bits per heavy atom. The molecule has 4 nitrogen and oxygen atoms in total. The highest BCUT2D eigenvalue weighted by Crippen LogP contribution is 2.24. The first kappa shape index (κ1) is 17.2. The fraction of sp³-hybridized carbons (Fsp3) is 0.812. The highest BCUT2D eigenvalue weighted by molar-refractivity contribution is 5.06. The Morgan fingerprint density at radius 2 is 1.90 bits per heavy atom. The topological polar surface area (TPSA) is 55.3 Å². The summed E-state index contributed by atoms with van der Waals surface area (Å²) in [4.78, 5) is 6.80. The van der Waals surface area contributed by atoms with Crippen molar-refractivity contribution in [3.05, 3.63) is 17.8 Å². The van der Waals surface area contributed by atoms with Crippen LogP contribution in [-0.4, -0.2) is 29.5 Å². The summed E-state index contributed by atoms with van der Waals surface area (Å²) in [6.45, 7) is 16.5. The van der Waals surface area contributed by atoms with E-state index in [1.807, 2.05) is 6.20 Å². The predicted octanol–water partition coefficient (Wildman–Crippen LogP) is 3.17. The third-order valence-corrected chi connectivity index (χ3v) is 3.40. The molecule has 20 heavy (non-hydrogen) atoms. The van der Waals surface area contributed by atoms with Crippen molar-refractivity contribution in [1.82, 2.24) is 9.88 Å². The molecule has 0 aliphatic heterocycles. The minimum Gasteiger partial charge on any atom is -0.444 e. The molecule has 0 saturated heterocycles. The van der Waals surface area contributed by atoms with E-state index in [0.717, 1.165) is 37.7 Å². The third kappa shape index (κ3) is 5.25. The quantitative estimate of drug-likeness (QED) is 0.834. The molecule has 0 amide bonds. The van der Waals surface area contributed by atoms with Gasteiger partial charge in [-0.05, 0) is 24.9 Å².